The van der Waals surface area contributed by atoms with Crippen LogP contribution in [0.1, 0.15) is 19.3 Å². The molecule has 0 radical (unpaired) electrons. The number of rotatable bonds is 6. The third-order valence-corrected chi connectivity index (χ3v) is 3.85. The van der Waals surface area contributed by atoms with Crippen molar-refractivity contribution in [1.82, 2.24) is 9.71 Å². The number of aromatic nitrogens is 1. The molecule has 1 aromatic rings. The lowest BCUT2D eigenvalue weighted by atomic mass is 10.2. The van der Waals surface area contributed by atoms with Crippen molar-refractivity contribution >= 4 is 21.6 Å². The van der Waals surface area contributed by atoms with Crippen LogP contribution < -0.4 is 4.72 Å². The van der Waals surface area contributed by atoms with E-state index in [0.717, 1.165) is 0 Å². The van der Waals surface area contributed by atoms with Crippen molar-refractivity contribution < 1.29 is 21.6 Å². The number of sulfonamides is 1. The quantitative estimate of drug-likeness (QED) is 0.648. The predicted molar refractivity (Wildman–Crippen MR) is 64.3 cm³/mol. The molecule has 0 saturated carbocycles. The number of halogens is 4. The summed E-state index contributed by atoms with van der Waals surface area (Å²) in [5, 5.41) is 0.0277. The van der Waals surface area contributed by atoms with Crippen molar-refractivity contribution in [2.45, 2.75) is 30.3 Å². The minimum absolute atomic E-state index is 0.0277. The summed E-state index contributed by atoms with van der Waals surface area (Å²) in [7, 11) is -3.75. The first kappa shape index (κ1) is 16.2. The minimum Gasteiger partial charge on any atom is -0.244 e. The molecule has 0 spiro atoms. The average Bonchev–Trinajstić information content (AvgIpc) is 2.27. The second-order valence-electron chi connectivity index (χ2n) is 3.78. The molecule has 1 rings (SSSR count). The molecule has 0 fully saturated rings. The Bertz CT molecular complexity index is 520. The molecular weight excluding hydrogens is 305 g/mol. The minimum atomic E-state index is -4.21. The van der Waals surface area contributed by atoms with Crippen LogP contribution >= 0.6 is 11.6 Å². The van der Waals surface area contributed by atoms with E-state index < -0.39 is 22.6 Å². The molecule has 0 bridgehead atoms. The van der Waals surface area contributed by atoms with E-state index in [0.29, 0.717) is 0 Å². The van der Waals surface area contributed by atoms with Crippen LogP contribution in [-0.2, 0) is 10.0 Å². The molecule has 0 aliphatic rings. The topological polar surface area (TPSA) is 59.1 Å². The summed E-state index contributed by atoms with van der Waals surface area (Å²) in [6, 6.07) is 2.42. The number of hydrogen-bond acceptors (Lipinski definition) is 3. The van der Waals surface area contributed by atoms with Crippen molar-refractivity contribution in [1.29, 1.82) is 0 Å². The highest BCUT2D eigenvalue weighted by Crippen LogP contribution is 2.22. The first-order chi connectivity index (χ1) is 8.71. The van der Waals surface area contributed by atoms with E-state index in [1.807, 2.05) is 0 Å². The lowest BCUT2D eigenvalue weighted by Gasteiger charge is -2.08. The summed E-state index contributed by atoms with van der Waals surface area (Å²) in [5.74, 6) is 0. The van der Waals surface area contributed by atoms with Crippen LogP contribution in [0.3, 0.4) is 0 Å². The molecular formula is C10H12ClF3N2O2S. The lowest BCUT2D eigenvalue weighted by Crippen LogP contribution is -2.25. The fraction of sp³-hybridized carbons (Fsp3) is 0.500. The molecule has 9 heteroatoms. The third-order valence-electron chi connectivity index (χ3n) is 2.19. The van der Waals surface area contributed by atoms with E-state index >= 15 is 0 Å². The predicted octanol–water partition coefficient (Wildman–Crippen LogP) is 2.75. The SMILES string of the molecule is O=S(=O)(NCCCCC(F)(F)F)c1ccnc(Cl)c1. The first-order valence-corrected chi connectivity index (χ1v) is 7.25. The molecule has 0 aromatic carbocycles. The summed E-state index contributed by atoms with van der Waals surface area (Å²) in [6.45, 7) is -0.0572. The summed E-state index contributed by atoms with van der Waals surface area (Å²) < 4.78 is 61.3. The van der Waals surface area contributed by atoms with Crippen LogP contribution in [0.15, 0.2) is 23.2 Å². The molecule has 0 amide bonds. The van der Waals surface area contributed by atoms with E-state index in [1.165, 1.54) is 18.3 Å². The molecule has 1 aromatic heterocycles. The molecule has 0 atom stereocenters. The highest BCUT2D eigenvalue weighted by atomic mass is 35.5. The zero-order valence-corrected chi connectivity index (χ0v) is 11.3. The smallest absolute Gasteiger partial charge is 0.244 e. The van der Waals surface area contributed by atoms with Gasteiger partial charge in [-0.1, -0.05) is 11.6 Å². The van der Waals surface area contributed by atoms with Gasteiger partial charge in [-0.15, -0.1) is 0 Å². The van der Waals surface area contributed by atoms with Gasteiger partial charge in [-0.3, -0.25) is 0 Å². The van der Waals surface area contributed by atoms with Gasteiger partial charge in [0, 0.05) is 19.2 Å². The maximum Gasteiger partial charge on any atom is 0.389 e. The maximum absolute atomic E-state index is 11.9. The Kier molecular flexibility index (Phi) is 5.57. The van der Waals surface area contributed by atoms with Crippen molar-refractivity contribution in [3.8, 4) is 0 Å². The average molecular weight is 317 g/mol. The second-order valence-corrected chi connectivity index (χ2v) is 5.94. The van der Waals surface area contributed by atoms with Crippen molar-refractivity contribution in [2.24, 2.45) is 0 Å². The number of alkyl halides is 3. The Morgan fingerprint density at radius 2 is 2.00 bits per heavy atom. The van der Waals surface area contributed by atoms with Gasteiger partial charge in [0.05, 0.1) is 4.90 Å². The summed E-state index contributed by atoms with van der Waals surface area (Å²) in [4.78, 5) is 3.57. The highest BCUT2D eigenvalue weighted by Gasteiger charge is 2.25. The van der Waals surface area contributed by atoms with Gasteiger partial charge < -0.3 is 0 Å². The fourth-order valence-corrected chi connectivity index (χ4v) is 2.62. The first-order valence-electron chi connectivity index (χ1n) is 5.39. The van der Waals surface area contributed by atoms with E-state index in [4.69, 9.17) is 11.6 Å². The summed E-state index contributed by atoms with van der Waals surface area (Å²) in [6.07, 6.45) is -3.91. The molecule has 0 aliphatic heterocycles. The number of nitrogens with zero attached hydrogens (tertiary/aromatic N) is 1. The molecule has 19 heavy (non-hydrogen) atoms. The molecule has 4 nitrogen and oxygen atoms in total. The van der Waals surface area contributed by atoms with Crippen molar-refractivity contribution in [2.75, 3.05) is 6.54 Å². The van der Waals surface area contributed by atoms with Gasteiger partial charge in [0.15, 0.2) is 0 Å². The number of hydrogen-bond donors (Lipinski definition) is 1. The Morgan fingerprint density at radius 3 is 2.58 bits per heavy atom. The van der Waals surface area contributed by atoms with Crippen molar-refractivity contribution in [3.63, 3.8) is 0 Å². The molecule has 0 aliphatic carbocycles. The monoisotopic (exact) mass is 316 g/mol. The highest BCUT2D eigenvalue weighted by molar-refractivity contribution is 7.89. The van der Waals surface area contributed by atoms with E-state index in [-0.39, 0.29) is 29.4 Å². The molecule has 1 N–H and O–H groups in total. The number of pyridine rings is 1. The van der Waals surface area contributed by atoms with E-state index in [2.05, 4.69) is 9.71 Å². The molecule has 0 unspecified atom stereocenters. The van der Waals surface area contributed by atoms with E-state index in [1.54, 1.807) is 0 Å². The van der Waals surface area contributed by atoms with Gasteiger partial charge in [-0.25, -0.2) is 18.1 Å². The molecule has 108 valence electrons. The molecule has 1 heterocycles. The summed E-state index contributed by atoms with van der Waals surface area (Å²) >= 11 is 5.56. The number of unbranched alkanes of at least 4 members (excludes halogenated alkanes) is 1. The zero-order chi connectivity index (χ0) is 14.5. The van der Waals surface area contributed by atoms with E-state index in [9.17, 15) is 21.6 Å². The van der Waals surface area contributed by atoms with Crippen LogP contribution in [0, 0.1) is 0 Å². The van der Waals surface area contributed by atoms with Crippen LogP contribution in [0.5, 0.6) is 0 Å². The van der Waals surface area contributed by atoms with Gasteiger partial charge >= 0.3 is 6.18 Å². The van der Waals surface area contributed by atoms with Crippen LogP contribution in [0.25, 0.3) is 0 Å². The Hall–Kier alpha value is -0.860. The van der Waals surface area contributed by atoms with Gasteiger partial charge in [0.2, 0.25) is 10.0 Å². The third kappa shape index (κ3) is 6.22. The largest absolute Gasteiger partial charge is 0.389 e. The second kappa shape index (κ2) is 6.53. The van der Waals surface area contributed by atoms with Crippen LogP contribution in [0.4, 0.5) is 13.2 Å². The Balaban J connectivity index is 2.44. The standard InChI is InChI=1S/C10H12ClF3N2O2S/c11-9-7-8(3-6-15-9)19(17,18)16-5-2-1-4-10(12,13)14/h3,6-7,16H,1-2,4-5H2. The van der Waals surface area contributed by atoms with Gasteiger partial charge in [0.25, 0.3) is 0 Å². The maximum atomic E-state index is 11.9. The van der Waals surface area contributed by atoms with Gasteiger partial charge in [-0.05, 0) is 25.0 Å². The fourth-order valence-electron chi connectivity index (χ4n) is 1.29. The van der Waals surface area contributed by atoms with Crippen LogP contribution in [0.2, 0.25) is 5.15 Å². The van der Waals surface area contributed by atoms with Crippen molar-refractivity contribution in [3.05, 3.63) is 23.5 Å². The molecule has 0 saturated heterocycles. The van der Waals surface area contributed by atoms with Crippen LogP contribution in [-0.4, -0.2) is 26.1 Å². The Morgan fingerprint density at radius 1 is 1.32 bits per heavy atom. The zero-order valence-electron chi connectivity index (χ0n) is 9.74. The van der Waals surface area contributed by atoms with Gasteiger partial charge in [0.1, 0.15) is 5.15 Å². The lowest BCUT2D eigenvalue weighted by molar-refractivity contribution is -0.135. The Labute approximate surface area is 114 Å². The number of nitrogens with one attached hydrogen (secondary N) is 1. The van der Waals surface area contributed by atoms with Gasteiger partial charge in [-0.2, -0.15) is 13.2 Å². The summed E-state index contributed by atoms with van der Waals surface area (Å²) in [5.41, 5.74) is 0. The normalized spacial score (nSPS) is 12.6.